The molecule has 0 radical (unpaired) electrons. The van der Waals surface area contributed by atoms with E-state index in [1.165, 1.54) is 6.20 Å². The van der Waals surface area contributed by atoms with Gasteiger partial charge in [0.15, 0.2) is 6.17 Å². The molecular weight excluding hydrogens is 179 g/mol. The van der Waals surface area contributed by atoms with Crippen LogP contribution in [0.4, 0.5) is 4.39 Å². The minimum Gasteiger partial charge on any atom is -0.235 e. The Morgan fingerprint density at radius 2 is 1.79 bits per heavy atom. The van der Waals surface area contributed by atoms with Crippen molar-refractivity contribution in [3.63, 3.8) is 0 Å². The van der Waals surface area contributed by atoms with Crippen molar-refractivity contribution in [1.82, 2.24) is 10.2 Å². The smallest absolute Gasteiger partial charge is 0.169 e. The molecule has 1 heterocycles. The van der Waals surface area contributed by atoms with Crippen LogP contribution < -0.4 is 0 Å². The van der Waals surface area contributed by atoms with Crippen molar-refractivity contribution in [2.24, 2.45) is 0 Å². The highest BCUT2D eigenvalue weighted by molar-refractivity contribution is 5.24. The molecule has 0 saturated heterocycles. The van der Waals surface area contributed by atoms with Gasteiger partial charge >= 0.3 is 0 Å². The second-order valence-corrected chi connectivity index (χ2v) is 2.92. The summed E-state index contributed by atoms with van der Waals surface area (Å²) in [5.74, 6) is 0. The number of aromatic nitrogens is 2. The molecule has 0 saturated carbocycles. The number of rotatable bonds is 2. The lowest BCUT2D eigenvalue weighted by molar-refractivity contribution is 0.390. The predicted octanol–water partition coefficient (Wildman–Crippen LogP) is 2.54. The van der Waals surface area contributed by atoms with Crippen LogP contribution in [0.1, 0.15) is 17.4 Å². The summed E-state index contributed by atoms with van der Waals surface area (Å²) < 4.78 is 13.8. The average Bonchev–Trinajstić information content (AvgIpc) is 2.30. The molecule has 0 amide bonds. The van der Waals surface area contributed by atoms with Crippen molar-refractivity contribution in [2.45, 2.75) is 6.17 Å². The molecule has 0 aliphatic heterocycles. The SMILES string of the molecule is FC(c1ccccc1)c1cccnn1. The zero-order chi connectivity index (χ0) is 9.80. The van der Waals surface area contributed by atoms with Crippen molar-refractivity contribution in [1.29, 1.82) is 0 Å². The van der Waals surface area contributed by atoms with E-state index in [0.29, 0.717) is 11.3 Å². The van der Waals surface area contributed by atoms with E-state index in [2.05, 4.69) is 10.2 Å². The summed E-state index contributed by atoms with van der Waals surface area (Å²) in [6, 6.07) is 12.2. The number of hydrogen-bond acceptors (Lipinski definition) is 2. The first kappa shape index (κ1) is 8.81. The number of alkyl halides is 1. The molecule has 0 aliphatic carbocycles. The predicted molar refractivity (Wildman–Crippen MR) is 51.4 cm³/mol. The maximum atomic E-state index is 13.8. The Morgan fingerprint density at radius 3 is 2.43 bits per heavy atom. The fourth-order valence-corrected chi connectivity index (χ4v) is 1.24. The molecular formula is C11H9FN2. The summed E-state index contributed by atoms with van der Waals surface area (Å²) in [6.45, 7) is 0. The van der Waals surface area contributed by atoms with Gasteiger partial charge in [-0.25, -0.2) is 4.39 Å². The van der Waals surface area contributed by atoms with Gasteiger partial charge in [0, 0.05) is 6.20 Å². The van der Waals surface area contributed by atoms with E-state index in [4.69, 9.17) is 0 Å². The van der Waals surface area contributed by atoms with Gasteiger partial charge in [-0.05, 0) is 17.7 Å². The van der Waals surface area contributed by atoms with Crippen LogP contribution in [0.3, 0.4) is 0 Å². The lowest BCUT2D eigenvalue weighted by Crippen LogP contribution is -1.98. The lowest BCUT2D eigenvalue weighted by atomic mass is 10.1. The number of benzene rings is 1. The molecule has 2 nitrogen and oxygen atoms in total. The topological polar surface area (TPSA) is 25.8 Å². The lowest BCUT2D eigenvalue weighted by Gasteiger charge is -2.05. The van der Waals surface area contributed by atoms with Gasteiger partial charge in [0.05, 0.1) is 0 Å². The third-order valence-corrected chi connectivity index (χ3v) is 1.94. The van der Waals surface area contributed by atoms with Gasteiger partial charge in [-0.3, -0.25) is 0 Å². The third-order valence-electron chi connectivity index (χ3n) is 1.94. The molecule has 14 heavy (non-hydrogen) atoms. The van der Waals surface area contributed by atoms with Crippen LogP contribution in [0.2, 0.25) is 0 Å². The third kappa shape index (κ3) is 1.76. The molecule has 1 aromatic heterocycles. The Morgan fingerprint density at radius 1 is 1.00 bits per heavy atom. The maximum Gasteiger partial charge on any atom is 0.169 e. The Labute approximate surface area is 81.4 Å². The first-order chi connectivity index (χ1) is 6.88. The van der Waals surface area contributed by atoms with E-state index in [-0.39, 0.29) is 0 Å². The average molecular weight is 188 g/mol. The highest BCUT2D eigenvalue weighted by Crippen LogP contribution is 2.22. The largest absolute Gasteiger partial charge is 0.235 e. The van der Waals surface area contributed by atoms with Crippen LogP contribution in [0.15, 0.2) is 48.7 Å². The van der Waals surface area contributed by atoms with Crippen LogP contribution in [0, 0.1) is 0 Å². The van der Waals surface area contributed by atoms with Crippen LogP contribution in [0.5, 0.6) is 0 Å². The number of nitrogens with zero attached hydrogens (tertiary/aromatic N) is 2. The van der Waals surface area contributed by atoms with E-state index in [0.717, 1.165) is 0 Å². The van der Waals surface area contributed by atoms with E-state index in [1.807, 2.05) is 6.07 Å². The second kappa shape index (κ2) is 3.96. The first-order valence-corrected chi connectivity index (χ1v) is 4.34. The van der Waals surface area contributed by atoms with Crippen LogP contribution in [0.25, 0.3) is 0 Å². The van der Waals surface area contributed by atoms with Gasteiger partial charge in [-0.2, -0.15) is 10.2 Å². The minimum atomic E-state index is -1.19. The van der Waals surface area contributed by atoms with Gasteiger partial charge in [0.1, 0.15) is 5.69 Å². The summed E-state index contributed by atoms with van der Waals surface area (Å²) in [5.41, 5.74) is 0.951. The Bertz CT molecular complexity index is 349. The number of hydrogen-bond donors (Lipinski definition) is 0. The van der Waals surface area contributed by atoms with Crippen molar-refractivity contribution in [3.8, 4) is 0 Å². The molecule has 0 spiro atoms. The van der Waals surface area contributed by atoms with Crippen molar-refractivity contribution < 1.29 is 4.39 Å². The van der Waals surface area contributed by atoms with Gasteiger partial charge in [0.2, 0.25) is 0 Å². The van der Waals surface area contributed by atoms with Gasteiger partial charge in [-0.15, -0.1) is 0 Å². The summed E-state index contributed by atoms with van der Waals surface area (Å²) in [7, 11) is 0. The molecule has 3 heteroatoms. The molecule has 1 atom stereocenters. The molecule has 2 aromatic rings. The summed E-state index contributed by atoms with van der Waals surface area (Å²) >= 11 is 0. The van der Waals surface area contributed by atoms with Crippen LogP contribution in [-0.4, -0.2) is 10.2 Å². The standard InChI is InChI=1S/C11H9FN2/c12-11(9-5-2-1-3-6-9)10-7-4-8-13-14-10/h1-8,11H. The van der Waals surface area contributed by atoms with Gasteiger partial charge in [-0.1, -0.05) is 30.3 Å². The van der Waals surface area contributed by atoms with Crippen LogP contribution in [-0.2, 0) is 0 Å². The maximum absolute atomic E-state index is 13.8. The van der Waals surface area contributed by atoms with Gasteiger partial charge < -0.3 is 0 Å². The second-order valence-electron chi connectivity index (χ2n) is 2.92. The quantitative estimate of drug-likeness (QED) is 0.723. The first-order valence-electron chi connectivity index (χ1n) is 4.34. The molecule has 0 N–H and O–H groups in total. The van der Waals surface area contributed by atoms with Crippen molar-refractivity contribution in [2.75, 3.05) is 0 Å². The molecule has 0 fully saturated rings. The molecule has 70 valence electrons. The minimum absolute atomic E-state index is 0.346. The highest BCUT2D eigenvalue weighted by Gasteiger charge is 2.12. The molecule has 0 bridgehead atoms. The molecule has 1 unspecified atom stereocenters. The summed E-state index contributed by atoms with van der Waals surface area (Å²) in [4.78, 5) is 0. The molecule has 1 aromatic carbocycles. The fourth-order valence-electron chi connectivity index (χ4n) is 1.24. The summed E-state index contributed by atoms with van der Waals surface area (Å²) in [6.07, 6.45) is 0.339. The summed E-state index contributed by atoms with van der Waals surface area (Å²) in [5, 5.41) is 7.37. The Balaban J connectivity index is 2.30. The van der Waals surface area contributed by atoms with E-state index >= 15 is 0 Å². The van der Waals surface area contributed by atoms with Crippen molar-refractivity contribution in [3.05, 3.63) is 59.9 Å². The normalized spacial score (nSPS) is 12.4. The molecule has 2 rings (SSSR count). The molecule has 0 aliphatic rings. The van der Waals surface area contributed by atoms with E-state index in [1.54, 1.807) is 36.4 Å². The van der Waals surface area contributed by atoms with Crippen LogP contribution >= 0.6 is 0 Å². The van der Waals surface area contributed by atoms with E-state index < -0.39 is 6.17 Å². The highest BCUT2D eigenvalue weighted by atomic mass is 19.1. The zero-order valence-electron chi connectivity index (χ0n) is 7.47. The van der Waals surface area contributed by atoms with E-state index in [9.17, 15) is 4.39 Å². The van der Waals surface area contributed by atoms with Gasteiger partial charge in [0.25, 0.3) is 0 Å². The van der Waals surface area contributed by atoms with Crippen molar-refractivity contribution >= 4 is 0 Å². The Hall–Kier alpha value is -1.77. The monoisotopic (exact) mass is 188 g/mol. The fraction of sp³-hybridized carbons (Fsp3) is 0.0909. The Kier molecular flexibility index (Phi) is 2.49. The number of halogens is 1. The zero-order valence-corrected chi connectivity index (χ0v) is 7.47.